The molecule has 82 valence electrons. The van der Waals surface area contributed by atoms with Crippen molar-refractivity contribution in [3.05, 3.63) is 0 Å². The molecule has 1 rings (SSSR count). The molecule has 2 atom stereocenters. The summed E-state index contributed by atoms with van der Waals surface area (Å²) in [5.74, 6) is -2.77. The van der Waals surface area contributed by atoms with E-state index in [1.165, 1.54) is 0 Å². The maximum absolute atomic E-state index is 12.6. The van der Waals surface area contributed by atoms with Gasteiger partial charge in [0.1, 0.15) is 10.8 Å². The summed E-state index contributed by atoms with van der Waals surface area (Å²) in [4.78, 5) is 10.1. The van der Waals surface area contributed by atoms with E-state index >= 15 is 0 Å². The topological polar surface area (TPSA) is 63.6 Å². The molecule has 0 saturated carbocycles. The van der Waals surface area contributed by atoms with Crippen LogP contribution in [0.1, 0.15) is 12.8 Å². The lowest BCUT2D eigenvalue weighted by Gasteiger charge is -2.13. The van der Waals surface area contributed by atoms with Gasteiger partial charge in [-0.3, -0.25) is 4.21 Å². The molecule has 0 aromatic carbocycles. The van der Waals surface area contributed by atoms with E-state index in [-0.39, 0.29) is 0 Å². The van der Waals surface area contributed by atoms with Gasteiger partial charge in [0.05, 0.1) is 11.9 Å². The number of hydrogen-bond acceptors (Lipinski definition) is 3. The van der Waals surface area contributed by atoms with Crippen molar-refractivity contribution in [1.29, 1.82) is 0 Å². The largest absolute Gasteiger partial charge is 0.476 e. The summed E-state index contributed by atoms with van der Waals surface area (Å²) in [6.07, 6.45) is 0.795. The van der Waals surface area contributed by atoms with Crippen LogP contribution in [-0.2, 0) is 20.3 Å². The number of carboxylic acid groups (broad SMARTS) is 1. The number of aliphatic carboxylic acids is 1. The highest BCUT2D eigenvalue weighted by molar-refractivity contribution is 7.86. The van der Waals surface area contributed by atoms with Crippen molar-refractivity contribution < 1.29 is 27.6 Å². The van der Waals surface area contributed by atoms with Gasteiger partial charge in [-0.1, -0.05) is 0 Å². The maximum Gasteiger partial charge on any atom is 0.415 e. The summed E-state index contributed by atoms with van der Waals surface area (Å²) in [6.45, 7) is 0.459. The van der Waals surface area contributed by atoms with E-state index in [1.54, 1.807) is 0 Å². The van der Waals surface area contributed by atoms with Crippen molar-refractivity contribution in [3.63, 3.8) is 0 Å². The number of halogens is 2. The lowest BCUT2D eigenvalue weighted by atomic mass is 10.3. The molecular formula is C7H10F2O4S. The van der Waals surface area contributed by atoms with E-state index in [9.17, 15) is 17.8 Å². The SMILES string of the molecule is O=C(O)C(F)(F)S(=O)CC1CCCO1. The zero-order chi connectivity index (χ0) is 10.8. The van der Waals surface area contributed by atoms with Gasteiger partial charge in [0.2, 0.25) is 0 Å². The third-order valence-corrected chi connectivity index (χ3v) is 3.32. The van der Waals surface area contributed by atoms with E-state index < -0.39 is 33.9 Å². The summed E-state index contributed by atoms with van der Waals surface area (Å²) in [6, 6.07) is 0. The quantitative estimate of drug-likeness (QED) is 0.765. The minimum Gasteiger partial charge on any atom is -0.476 e. The van der Waals surface area contributed by atoms with Crippen molar-refractivity contribution in [2.24, 2.45) is 0 Å². The molecule has 1 N–H and O–H groups in total. The fourth-order valence-corrected chi connectivity index (χ4v) is 2.15. The smallest absolute Gasteiger partial charge is 0.415 e. The summed E-state index contributed by atoms with van der Waals surface area (Å²) in [7, 11) is -2.71. The third-order valence-electron chi connectivity index (χ3n) is 1.90. The number of alkyl halides is 2. The third kappa shape index (κ3) is 2.48. The molecule has 2 unspecified atom stereocenters. The highest BCUT2D eigenvalue weighted by Crippen LogP contribution is 2.22. The van der Waals surface area contributed by atoms with Crippen LogP contribution in [0.5, 0.6) is 0 Å². The lowest BCUT2D eigenvalue weighted by molar-refractivity contribution is -0.153. The first-order chi connectivity index (χ1) is 6.44. The highest BCUT2D eigenvalue weighted by atomic mass is 32.2. The summed E-state index contributed by atoms with van der Waals surface area (Å²) in [5, 5.41) is 3.93. The van der Waals surface area contributed by atoms with Crippen molar-refractivity contribution in [1.82, 2.24) is 0 Å². The molecule has 1 heterocycles. The van der Waals surface area contributed by atoms with Gasteiger partial charge in [-0.15, -0.1) is 0 Å². The fourth-order valence-electron chi connectivity index (χ4n) is 1.15. The van der Waals surface area contributed by atoms with E-state index in [4.69, 9.17) is 9.84 Å². The number of carboxylic acids is 1. The molecule has 0 radical (unpaired) electrons. The Labute approximate surface area is 81.7 Å². The Morgan fingerprint density at radius 3 is 2.71 bits per heavy atom. The van der Waals surface area contributed by atoms with E-state index in [1.807, 2.05) is 0 Å². The van der Waals surface area contributed by atoms with E-state index in [2.05, 4.69) is 0 Å². The van der Waals surface area contributed by atoms with Crippen LogP contribution in [-0.4, -0.2) is 39.0 Å². The van der Waals surface area contributed by atoms with Crippen LogP contribution in [0, 0.1) is 0 Å². The normalized spacial score (nSPS) is 24.9. The van der Waals surface area contributed by atoms with Crippen LogP contribution in [0.3, 0.4) is 0 Å². The minimum absolute atomic E-state index is 0.417. The Kier molecular flexibility index (Phi) is 3.54. The highest BCUT2D eigenvalue weighted by Gasteiger charge is 2.46. The second kappa shape index (κ2) is 4.31. The van der Waals surface area contributed by atoms with Gasteiger partial charge in [0.15, 0.2) is 0 Å². The van der Waals surface area contributed by atoms with Gasteiger partial charge in [-0.2, -0.15) is 8.78 Å². The van der Waals surface area contributed by atoms with Crippen LogP contribution in [0.2, 0.25) is 0 Å². The molecule has 0 spiro atoms. The minimum atomic E-state index is -4.17. The molecule has 14 heavy (non-hydrogen) atoms. The zero-order valence-electron chi connectivity index (χ0n) is 7.24. The molecule has 0 aliphatic carbocycles. The van der Waals surface area contributed by atoms with Gasteiger partial charge >= 0.3 is 11.2 Å². The molecule has 4 nitrogen and oxygen atoms in total. The first-order valence-electron chi connectivity index (χ1n) is 4.06. The van der Waals surface area contributed by atoms with Crippen molar-refractivity contribution >= 4 is 16.8 Å². The molecule has 1 saturated heterocycles. The predicted octanol–water partition coefficient (Wildman–Crippen LogP) is 0.592. The van der Waals surface area contributed by atoms with Crippen molar-refractivity contribution in [2.75, 3.05) is 12.4 Å². The van der Waals surface area contributed by atoms with Gasteiger partial charge in [-0.25, -0.2) is 4.79 Å². The molecule has 1 fully saturated rings. The summed E-state index contributed by atoms with van der Waals surface area (Å²) >= 11 is 0. The van der Waals surface area contributed by atoms with Crippen molar-refractivity contribution in [3.8, 4) is 0 Å². The average Bonchev–Trinajstić information content (AvgIpc) is 2.56. The maximum atomic E-state index is 12.6. The molecule has 0 aromatic heterocycles. The van der Waals surface area contributed by atoms with E-state index in [0.717, 1.165) is 6.42 Å². The Bertz CT molecular complexity index is 250. The van der Waals surface area contributed by atoms with Gasteiger partial charge in [-0.05, 0) is 12.8 Å². The molecular weight excluding hydrogens is 218 g/mol. The standard InChI is InChI=1S/C7H10F2O4S/c8-7(9,6(10)11)14(12)4-5-2-1-3-13-5/h5H,1-4H2,(H,10,11). The van der Waals surface area contributed by atoms with Crippen LogP contribution in [0.25, 0.3) is 0 Å². The summed E-state index contributed by atoms with van der Waals surface area (Å²) < 4.78 is 41.2. The second-order valence-corrected chi connectivity index (χ2v) is 4.51. The average molecular weight is 228 g/mol. The number of carbonyl (C=O) groups is 1. The van der Waals surface area contributed by atoms with Gasteiger partial charge in [0, 0.05) is 6.61 Å². The number of hydrogen-bond donors (Lipinski definition) is 1. The van der Waals surface area contributed by atoms with E-state index in [0.29, 0.717) is 13.0 Å². The molecule has 1 aliphatic heterocycles. The summed E-state index contributed by atoms with van der Waals surface area (Å²) in [5.41, 5.74) is 0. The van der Waals surface area contributed by atoms with Crippen LogP contribution >= 0.6 is 0 Å². The van der Waals surface area contributed by atoms with Crippen molar-refractivity contribution in [2.45, 2.75) is 24.2 Å². The zero-order valence-corrected chi connectivity index (χ0v) is 8.06. The first-order valence-corrected chi connectivity index (χ1v) is 5.37. The molecule has 0 bridgehead atoms. The molecule has 7 heteroatoms. The monoisotopic (exact) mass is 228 g/mol. The van der Waals surface area contributed by atoms with Crippen LogP contribution in [0.4, 0.5) is 8.78 Å². The van der Waals surface area contributed by atoms with Gasteiger partial charge < -0.3 is 9.84 Å². The van der Waals surface area contributed by atoms with Crippen LogP contribution in [0.15, 0.2) is 0 Å². The Morgan fingerprint density at radius 1 is 1.64 bits per heavy atom. The fraction of sp³-hybridized carbons (Fsp3) is 0.857. The second-order valence-electron chi connectivity index (χ2n) is 2.97. The number of rotatable bonds is 4. The Balaban J connectivity index is 2.52. The molecule has 0 amide bonds. The van der Waals surface area contributed by atoms with Crippen LogP contribution < -0.4 is 0 Å². The Hall–Kier alpha value is -0.560. The molecule has 1 aliphatic rings. The lowest BCUT2D eigenvalue weighted by Crippen LogP contribution is -2.37. The first kappa shape index (κ1) is 11.5. The Morgan fingerprint density at radius 2 is 2.29 bits per heavy atom. The predicted molar refractivity (Wildman–Crippen MR) is 44.6 cm³/mol. The number of ether oxygens (including phenoxy) is 1. The molecule has 0 aromatic rings. The van der Waals surface area contributed by atoms with Gasteiger partial charge in [0.25, 0.3) is 0 Å².